The normalized spacial score (nSPS) is 15.7. The maximum absolute atomic E-state index is 12.7. The third kappa shape index (κ3) is 1.92. The van der Waals surface area contributed by atoms with Crippen molar-refractivity contribution in [1.29, 1.82) is 0 Å². The van der Waals surface area contributed by atoms with Gasteiger partial charge < -0.3 is 5.11 Å². The number of hydrogen-bond donors (Lipinski definition) is 1. The molecule has 0 fully saturated rings. The Morgan fingerprint density at radius 2 is 2.17 bits per heavy atom. The Morgan fingerprint density at radius 1 is 1.58 bits per heavy atom. The van der Waals surface area contributed by atoms with Gasteiger partial charge >= 0.3 is 0 Å². The van der Waals surface area contributed by atoms with E-state index in [-0.39, 0.29) is 0 Å². The van der Waals surface area contributed by atoms with E-state index in [0.29, 0.717) is 12.3 Å². The van der Waals surface area contributed by atoms with Crippen molar-refractivity contribution in [3.63, 3.8) is 0 Å². The van der Waals surface area contributed by atoms with Crippen molar-refractivity contribution in [1.82, 2.24) is 4.98 Å². The molecule has 0 spiro atoms. The van der Waals surface area contributed by atoms with E-state index in [1.54, 1.807) is 0 Å². The molecular weight excluding hydrogens is 186 g/mol. The number of rotatable bonds is 1. The molecule has 1 atom stereocenters. The molecule has 0 saturated carbocycles. The Bertz CT molecular complexity index is 302. The van der Waals surface area contributed by atoms with Gasteiger partial charge in [-0.05, 0) is 0 Å². The maximum atomic E-state index is 12.7. The highest BCUT2D eigenvalue weighted by molar-refractivity contribution is 6.42. The van der Waals surface area contributed by atoms with Gasteiger partial charge in [0, 0.05) is 6.07 Å². The van der Waals surface area contributed by atoms with Gasteiger partial charge in [-0.3, -0.25) is 4.98 Å². The van der Waals surface area contributed by atoms with Crippen LogP contribution in [0.15, 0.2) is 12.3 Å². The van der Waals surface area contributed by atoms with E-state index in [9.17, 15) is 8.78 Å². The number of nitrogens with zero attached hydrogens (tertiary/aromatic N) is 1. The van der Waals surface area contributed by atoms with E-state index in [0.717, 1.165) is 0 Å². The average Bonchev–Trinajstić information content (AvgIpc) is 1.83. The van der Waals surface area contributed by atoms with Gasteiger partial charge in [0.15, 0.2) is 5.82 Å². The molecule has 0 aromatic carbocycles. The minimum absolute atomic E-state index is 0.530. The first-order valence-electron chi connectivity index (χ1n) is 2.93. The van der Waals surface area contributed by atoms with E-state index >= 15 is 0 Å². The molecule has 1 aromatic heterocycles. The van der Waals surface area contributed by atoms with Gasteiger partial charge in [0.25, 0.3) is 0 Å². The second-order valence-electron chi connectivity index (χ2n) is 2.16. The Kier molecular flexibility index (Phi) is 2.35. The summed E-state index contributed by atoms with van der Waals surface area (Å²) < 4.78 is 25.0. The molecule has 6 heteroatoms. The van der Waals surface area contributed by atoms with Crippen LogP contribution in [0.1, 0.15) is 5.69 Å². The van der Waals surface area contributed by atoms with E-state index in [4.69, 9.17) is 24.6 Å². The Balaban J connectivity index is 3.19. The molecule has 0 aliphatic heterocycles. The fourth-order valence-corrected chi connectivity index (χ4v) is 0.812. The fraction of sp³-hybridized carbons (Fsp3) is 0.167. The van der Waals surface area contributed by atoms with Crippen LogP contribution in [0, 0.1) is 11.6 Å². The number of halogens is 3. The predicted octanol–water partition coefficient (Wildman–Crippen LogP) is 0.870. The van der Waals surface area contributed by atoms with Crippen molar-refractivity contribution >= 4 is 19.4 Å². The van der Waals surface area contributed by atoms with Crippen LogP contribution in [0.3, 0.4) is 0 Å². The number of alkyl halides is 1. The Morgan fingerprint density at radius 3 is 2.58 bits per heavy atom. The number of aromatic nitrogens is 1. The summed E-state index contributed by atoms with van der Waals surface area (Å²) in [7, 11) is 4.90. The highest BCUT2D eigenvalue weighted by atomic mass is 35.5. The van der Waals surface area contributed by atoms with Crippen LogP contribution >= 0.6 is 11.6 Å². The first kappa shape index (κ1) is 9.41. The van der Waals surface area contributed by atoms with Crippen molar-refractivity contribution in [2.75, 3.05) is 0 Å². The first-order valence-corrected chi connectivity index (χ1v) is 3.31. The van der Waals surface area contributed by atoms with Gasteiger partial charge in [-0.2, -0.15) is 0 Å². The lowest BCUT2D eigenvalue weighted by molar-refractivity contribution is 0.206. The van der Waals surface area contributed by atoms with Crippen LogP contribution in [0.4, 0.5) is 8.78 Å². The molecule has 1 unspecified atom stereocenters. The van der Waals surface area contributed by atoms with E-state index < -0.39 is 22.3 Å². The van der Waals surface area contributed by atoms with Crippen molar-refractivity contribution in [3.05, 3.63) is 29.6 Å². The summed E-state index contributed by atoms with van der Waals surface area (Å²) in [6, 6.07) is 0.530. The summed E-state index contributed by atoms with van der Waals surface area (Å²) in [4.78, 5) is 0.787. The molecule has 1 rings (SSSR count). The lowest BCUT2D eigenvalue weighted by atomic mass is 9.95. The van der Waals surface area contributed by atoms with Gasteiger partial charge in [-0.1, -0.05) is 11.6 Å². The highest BCUT2D eigenvalue weighted by Crippen LogP contribution is 2.22. The standard InChI is InChI=1S/C6H3BClF2NO/c7-6(8,12)5-4(10)1-3(9)2-11-5/h1-2,12H. The summed E-state index contributed by atoms with van der Waals surface area (Å²) in [6.07, 6.45) is 0.707. The molecule has 0 amide bonds. The van der Waals surface area contributed by atoms with Crippen molar-refractivity contribution in [2.45, 2.75) is 4.96 Å². The largest absolute Gasteiger partial charge is 0.378 e. The maximum Gasteiger partial charge on any atom is 0.151 e. The molecule has 0 bridgehead atoms. The predicted molar refractivity (Wildman–Crippen MR) is 39.7 cm³/mol. The molecule has 2 radical (unpaired) electrons. The molecular formula is C6H3BClF2NO. The molecule has 12 heavy (non-hydrogen) atoms. The molecule has 62 valence electrons. The second-order valence-corrected chi connectivity index (χ2v) is 2.73. The molecule has 2 nitrogen and oxygen atoms in total. The zero-order valence-electron chi connectivity index (χ0n) is 5.76. The molecule has 1 N–H and O–H groups in total. The summed E-state index contributed by atoms with van der Waals surface area (Å²) in [5.41, 5.74) is -0.606. The van der Waals surface area contributed by atoms with Gasteiger partial charge in [0.05, 0.1) is 6.20 Å². The zero-order chi connectivity index (χ0) is 9.35. The SMILES string of the molecule is [B]C(O)(Cl)c1ncc(F)cc1F. The van der Waals surface area contributed by atoms with Gasteiger partial charge in [0.1, 0.15) is 24.3 Å². The summed E-state index contributed by atoms with van der Waals surface area (Å²) in [5.74, 6) is -1.95. The zero-order valence-corrected chi connectivity index (χ0v) is 6.52. The lowest BCUT2D eigenvalue weighted by Gasteiger charge is -2.14. The van der Waals surface area contributed by atoms with E-state index in [1.807, 2.05) is 0 Å². The van der Waals surface area contributed by atoms with Gasteiger partial charge in [-0.15, -0.1) is 0 Å². The van der Waals surface area contributed by atoms with Crippen LogP contribution < -0.4 is 0 Å². The summed E-state index contributed by atoms with van der Waals surface area (Å²) in [5, 5.41) is 8.88. The monoisotopic (exact) mass is 189 g/mol. The number of aliphatic hydroxyl groups is 1. The third-order valence-electron chi connectivity index (χ3n) is 1.14. The van der Waals surface area contributed by atoms with E-state index in [1.165, 1.54) is 0 Å². The highest BCUT2D eigenvalue weighted by Gasteiger charge is 2.24. The lowest BCUT2D eigenvalue weighted by Crippen LogP contribution is -2.21. The average molecular weight is 189 g/mol. The van der Waals surface area contributed by atoms with Crippen LogP contribution in [0.5, 0.6) is 0 Å². The van der Waals surface area contributed by atoms with Gasteiger partial charge in [0.2, 0.25) is 0 Å². The van der Waals surface area contributed by atoms with Crippen LogP contribution in [-0.2, 0) is 4.96 Å². The van der Waals surface area contributed by atoms with Crippen molar-refractivity contribution < 1.29 is 13.9 Å². The first-order chi connectivity index (χ1) is 5.41. The number of pyridine rings is 1. The quantitative estimate of drug-likeness (QED) is 0.525. The molecule has 0 saturated heterocycles. The molecule has 1 aromatic rings. The summed E-state index contributed by atoms with van der Waals surface area (Å²) >= 11 is 5.12. The minimum atomic E-state index is -2.40. The smallest absolute Gasteiger partial charge is 0.151 e. The molecule has 0 aliphatic carbocycles. The van der Waals surface area contributed by atoms with Crippen LogP contribution in [0.2, 0.25) is 0 Å². The third-order valence-corrected chi connectivity index (χ3v) is 1.32. The summed E-state index contributed by atoms with van der Waals surface area (Å²) in [6.45, 7) is 0. The van der Waals surface area contributed by atoms with E-state index in [2.05, 4.69) is 4.98 Å². The second kappa shape index (κ2) is 2.99. The van der Waals surface area contributed by atoms with Crippen LogP contribution in [0.25, 0.3) is 0 Å². The Hall–Kier alpha value is -0.675. The van der Waals surface area contributed by atoms with Crippen molar-refractivity contribution in [3.8, 4) is 0 Å². The van der Waals surface area contributed by atoms with Crippen molar-refractivity contribution in [2.24, 2.45) is 0 Å². The number of hydrogen-bond acceptors (Lipinski definition) is 2. The molecule has 0 aliphatic rings. The van der Waals surface area contributed by atoms with Crippen LogP contribution in [-0.4, -0.2) is 17.9 Å². The van der Waals surface area contributed by atoms with Gasteiger partial charge in [-0.25, -0.2) is 8.78 Å². The Labute approximate surface area is 73.6 Å². The molecule has 1 heterocycles. The minimum Gasteiger partial charge on any atom is -0.378 e. The fourth-order valence-electron chi connectivity index (χ4n) is 0.673. The topological polar surface area (TPSA) is 33.1 Å².